The Morgan fingerprint density at radius 2 is 1.92 bits per heavy atom. The number of hydrogen-bond donors (Lipinski definition) is 1. The summed E-state index contributed by atoms with van der Waals surface area (Å²) in [7, 11) is -3.06. The number of amides is 1. The minimum Gasteiger partial charge on any atom is -0.431 e. The van der Waals surface area contributed by atoms with E-state index in [1.54, 1.807) is 13.1 Å². The minimum absolute atomic E-state index is 0.0328. The number of nitrogens with zero attached hydrogens (tertiary/aromatic N) is 3. The quantitative estimate of drug-likeness (QED) is 0.462. The molecule has 1 saturated carbocycles. The predicted octanol–water partition coefficient (Wildman–Crippen LogP) is 5.01. The van der Waals surface area contributed by atoms with Crippen LogP contribution < -0.4 is 10.1 Å². The molecular formula is C25H35ClF2N4O4S. The Labute approximate surface area is 222 Å². The molecule has 0 aliphatic heterocycles. The van der Waals surface area contributed by atoms with Crippen molar-refractivity contribution in [2.24, 2.45) is 11.3 Å². The molecule has 0 unspecified atom stereocenters. The van der Waals surface area contributed by atoms with Gasteiger partial charge in [-0.3, -0.25) is 9.36 Å². The van der Waals surface area contributed by atoms with Gasteiger partial charge in [0.1, 0.15) is 20.8 Å². The maximum atomic E-state index is 13.3. The van der Waals surface area contributed by atoms with Gasteiger partial charge >= 0.3 is 6.61 Å². The highest BCUT2D eigenvalue weighted by molar-refractivity contribution is 7.91. The number of imidazole rings is 1. The summed E-state index contributed by atoms with van der Waals surface area (Å²) in [6.07, 6.45) is 6.32. The first-order chi connectivity index (χ1) is 17.2. The van der Waals surface area contributed by atoms with Crippen LogP contribution in [0.5, 0.6) is 5.75 Å². The fourth-order valence-corrected chi connectivity index (χ4v) is 6.10. The lowest BCUT2D eigenvalue weighted by Crippen LogP contribution is -2.34. The summed E-state index contributed by atoms with van der Waals surface area (Å²) in [5.41, 5.74) is 0.596. The van der Waals surface area contributed by atoms with Crippen LogP contribution in [0, 0.1) is 11.3 Å². The smallest absolute Gasteiger partial charge is 0.387 e. The highest BCUT2D eigenvalue weighted by Gasteiger charge is 2.29. The molecule has 1 aliphatic carbocycles. The highest BCUT2D eigenvalue weighted by Crippen LogP contribution is 2.32. The van der Waals surface area contributed by atoms with Crippen LogP contribution in [0.4, 0.5) is 8.78 Å². The second-order valence-corrected chi connectivity index (χ2v) is 13.5. The van der Waals surface area contributed by atoms with Gasteiger partial charge in [0.25, 0.3) is 5.91 Å². The first-order valence-electron chi connectivity index (χ1n) is 12.4. The maximum absolute atomic E-state index is 13.3. The average Bonchev–Trinajstić information content (AvgIpc) is 3.12. The molecule has 206 valence electrons. The second-order valence-electron chi connectivity index (χ2n) is 10.8. The molecule has 0 atom stereocenters. The fourth-order valence-electron chi connectivity index (χ4n) is 4.66. The number of halogens is 3. The number of pyridine rings is 1. The Balaban J connectivity index is 1.83. The van der Waals surface area contributed by atoms with Gasteiger partial charge in [-0.05, 0) is 55.1 Å². The molecule has 0 radical (unpaired) electrons. The molecule has 2 aromatic heterocycles. The van der Waals surface area contributed by atoms with E-state index in [1.807, 2.05) is 20.8 Å². The number of ether oxygens (including phenoxy) is 1. The van der Waals surface area contributed by atoms with E-state index in [0.717, 1.165) is 5.56 Å². The monoisotopic (exact) mass is 560 g/mol. The minimum atomic E-state index is -3.07. The Bertz CT molecular complexity index is 1220. The van der Waals surface area contributed by atoms with E-state index in [9.17, 15) is 22.0 Å². The molecule has 0 spiro atoms. The molecule has 3 rings (SSSR count). The zero-order valence-corrected chi connectivity index (χ0v) is 23.4. The number of aromatic nitrogens is 3. The van der Waals surface area contributed by atoms with Gasteiger partial charge < -0.3 is 10.1 Å². The van der Waals surface area contributed by atoms with Crippen LogP contribution in [0.1, 0.15) is 75.3 Å². The Morgan fingerprint density at radius 1 is 1.27 bits per heavy atom. The van der Waals surface area contributed by atoms with Gasteiger partial charge in [0.15, 0.2) is 17.3 Å². The van der Waals surface area contributed by atoms with E-state index in [4.69, 9.17) is 16.3 Å². The van der Waals surface area contributed by atoms with E-state index >= 15 is 0 Å². The molecule has 8 nitrogen and oxygen atoms in total. The lowest BCUT2D eigenvalue weighted by Gasteiger charge is -2.27. The van der Waals surface area contributed by atoms with Gasteiger partial charge in [0.05, 0.1) is 5.25 Å². The summed E-state index contributed by atoms with van der Waals surface area (Å²) in [5.74, 6) is -0.0919. The van der Waals surface area contributed by atoms with Crippen LogP contribution in [0.15, 0.2) is 12.3 Å². The topological polar surface area (TPSA) is 103 Å². The van der Waals surface area contributed by atoms with Crippen molar-refractivity contribution in [1.29, 1.82) is 0 Å². The van der Waals surface area contributed by atoms with Crippen molar-refractivity contribution in [3.63, 3.8) is 0 Å². The number of aryl methyl sites for hydroxylation is 1. The van der Waals surface area contributed by atoms with Crippen LogP contribution >= 0.6 is 11.6 Å². The molecule has 2 heterocycles. The van der Waals surface area contributed by atoms with E-state index in [1.165, 1.54) is 16.9 Å². The number of hydrogen-bond acceptors (Lipinski definition) is 6. The highest BCUT2D eigenvalue weighted by atomic mass is 35.5. The standard InChI is InChI=1S/C25H35ClF2N4O4S/c1-6-19-31-20(23(33)30-13-15-7-9-17(10-8-15)37(5,34)35)21(26)32(19)22-18(36-24(27)28)11-16(14-29-22)12-25(2,3)4/h11,14-15,17,24H,6-10,12-13H2,1-5H3,(H,30,33). The number of carbonyl (C=O) groups is 1. The summed E-state index contributed by atoms with van der Waals surface area (Å²) in [6, 6.07) is 1.52. The van der Waals surface area contributed by atoms with Crippen LogP contribution in [0.2, 0.25) is 5.15 Å². The summed E-state index contributed by atoms with van der Waals surface area (Å²) >= 11 is 6.57. The summed E-state index contributed by atoms with van der Waals surface area (Å²) in [6.45, 7) is 5.17. The van der Waals surface area contributed by atoms with Crippen molar-refractivity contribution >= 4 is 27.3 Å². The van der Waals surface area contributed by atoms with Crippen molar-refractivity contribution in [3.05, 3.63) is 34.5 Å². The molecule has 0 saturated heterocycles. The fraction of sp³-hybridized carbons (Fsp3) is 0.640. The molecule has 0 bridgehead atoms. The third kappa shape index (κ3) is 7.63. The van der Waals surface area contributed by atoms with Crippen molar-refractivity contribution in [2.75, 3.05) is 12.8 Å². The normalized spacial score (nSPS) is 18.7. The summed E-state index contributed by atoms with van der Waals surface area (Å²) in [5, 5.41) is 2.46. The van der Waals surface area contributed by atoms with Crippen molar-refractivity contribution in [3.8, 4) is 11.6 Å². The van der Waals surface area contributed by atoms with Crippen molar-refractivity contribution in [2.45, 2.75) is 78.1 Å². The molecule has 1 N–H and O–H groups in total. The molecular weight excluding hydrogens is 526 g/mol. The SMILES string of the molecule is CCc1nc(C(=O)NCC2CCC(S(C)(=O)=O)CC2)c(Cl)n1-c1ncc(CC(C)(C)C)cc1OC(F)F. The third-order valence-electron chi connectivity index (χ3n) is 6.42. The van der Waals surface area contributed by atoms with Crippen LogP contribution in [-0.2, 0) is 22.7 Å². The van der Waals surface area contributed by atoms with Crippen molar-refractivity contribution < 1.29 is 26.7 Å². The predicted molar refractivity (Wildman–Crippen MR) is 138 cm³/mol. The number of nitrogens with one attached hydrogen (secondary N) is 1. The molecule has 12 heteroatoms. The lowest BCUT2D eigenvalue weighted by atomic mass is 9.89. The number of rotatable bonds is 9. The van der Waals surface area contributed by atoms with Crippen LogP contribution in [0.3, 0.4) is 0 Å². The average molecular weight is 561 g/mol. The number of alkyl halides is 2. The van der Waals surface area contributed by atoms with Gasteiger partial charge in [-0.1, -0.05) is 39.3 Å². The summed E-state index contributed by atoms with van der Waals surface area (Å²) < 4.78 is 56.2. The zero-order chi connectivity index (χ0) is 27.5. The first-order valence-corrected chi connectivity index (χ1v) is 14.7. The van der Waals surface area contributed by atoms with Gasteiger partial charge in [0.2, 0.25) is 0 Å². The molecule has 37 heavy (non-hydrogen) atoms. The van der Waals surface area contributed by atoms with E-state index in [0.29, 0.717) is 50.9 Å². The lowest BCUT2D eigenvalue weighted by molar-refractivity contribution is -0.0501. The number of sulfone groups is 1. The second kappa shape index (κ2) is 11.6. The molecule has 1 amide bonds. The largest absolute Gasteiger partial charge is 0.431 e. The molecule has 0 aromatic carbocycles. The molecule has 1 fully saturated rings. The van der Waals surface area contributed by atoms with Gasteiger partial charge in [-0.25, -0.2) is 18.4 Å². The third-order valence-corrected chi connectivity index (χ3v) is 8.45. The summed E-state index contributed by atoms with van der Waals surface area (Å²) in [4.78, 5) is 21.7. The van der Waals surface area contributed by atoms with Gasteiger partial charge in [-0.15, -0.1) is 0 Å². The van der Waals surface area contributed by atoms with Gasteiger partial charge in [0, 0.05) is 25.4 Å². The van der Waals surface area contributed by atoms with Crippen LogP contribution in [0.25, 0.3) is 5.82 Å². The molecule has 1 aliphatic rings. The van der Waals surface area contributed by atoms with E-state index in [2.05, 4.69) is 15.3 Å². The van der Waals surface area contributed by atoms with Gasteiger partial charge in [-0.2, -0.15) is 8.78 Å². The zero-order valence-electron chi connectivity index (χ0n) is 21.9. The first kappa shape index (κ1) is 29.3. The Morgan fingerprint density at radius 3 is 2.46 bits per heavy atom. The maximum Gasteiger partial charge on any atom is 0.387 e. The number of carbonyl (C=O) groups excluding carboxylic acids is 1. The van der Waals surface area contributed by atoms with Crippen molar-refractivity contribution in [1.82, 2.24) is 19.9 Å². The van der Waals surface area contributed by atoms with Crippen LogP contribution in [-0.4, -0.2) is 53.5 Å². The van der Waals surface area contributed by atoms with E-state index < -0.39 is 22.4 Å². The Hall–Kier alpha value is -2.27. The van der Waals surface area contributed by atoms with E-state index in [-0.39, 0.29) is 39.0 Å². The Kier molecular flexibility index (Phi) is 9.21. The molecule has 2 aromatic rings.